The Morgan fingerprint density at radius 1 is 1.17 bits per heavy atom. The minimum absolute atomic E-state index is 0. The van der Waals surface area contributed by atoms with Gasteiger partial charge in [0.25, 0.3) is 0 Å². The van der Waals surface area contributed by atoms with Crippen LogP contribution in [0.25, 0.3) is 0 Å². The molecule has 0 aliphatic rings. The SMILES string of the molecule is CN(Cc1cc(F)cc(F)c1)CC(C)(C)CN.Cl. The molecule has 104 valence electrons. The van der Waals surface area contributed by atoms with Crippen molar-refractivity contribution in [1.82, 2.24) is 4.90 Å². The average molecular weight is 279 g/mol. The third-order valence-electron chi connectivity index (χ3n) is 2.63. The first kappa shape index (κ1) is 17.3. The minimum atomic E-state index is -0.536. The van der Waals surface area contributed by atoms with Gasteiger partial charge in [-0.15, -0.1) is 12.4 Å². The minimum Gasteiger partial charge on any atom is -0.330 e. The Kier molecular flexibility index (Phi) is 6.74. The molecule has 0 aliphatic carbocycles. The van der Waals surface area contributed by atoms with Gasteiger partial charge in [0.1, 0.15) is 11.6 Å². The van der Waals surface area contributed by atoms with Crippen molar-refractivity contribution < 1.29 is 8.78 Å². The Morgan fingerprint density at radius 2 is 1.67 bits per heavy atom. The molecule has 0 aromatic heterocycles. The molecule has 18 heavy (non-hydrogen) atoms. The number of hydrogen-bond acceptors (Lipinski definition) is 2. The fourth-order valence-corrected chi connectivity index (χ4v) is 1.87. The van der Waals surface area contributed by atoms with Gasteiger partial charge in [0.05, 0.1) is 0 Å². The Bertz CT molecular complexity index is 363. The van der Waals surface area contributed by atoms with Gasteiger partial charge in [-0.3, -0.25) is 0 Å². The Labute approximate surface area is 114 Å². The van der Waals surface area contributed by atoms with Gasteiger partial charge in [0, 0.05) is 19.2 Å². The van der Waals surface area contributed by atoms with Crippen LogP contribution in [0.3, 0.4) is 0 Å². The number of halogens is 3. The number of hydrogen-bond donors (Lipinski definition) is 1. The van der Waals surface area contributed by atoms with E-state index in [9.17, 15) is 8.78 Å². The van der Waals surface area contributed by atoms with Gasteiger partial charge in [-0.25, -0.2) is 8.78 Å². The lowest BCUT2D eigenvalue weighted by atomic mass is 9.93. The second kappa shape index (κ2) is 7.02. The van der Waals surface area contributed by atoms with Gasteiger partial charge in [0.2, 0.25) is 0 Å². The van der Waals surface area contributed by atoms with E-state index < -0.39 is 11.6 Å². The standard InChI is InChI=1S/C13H20F2N2.ClH/c1-13(2,8-16)9-17(3)7-10-4-11(14)6-12(15)5-10;/h4-6H,7-9,16H2,1-3H3;1H. The number of nitrogens with zero attached hydrogens (tertiary/aromatic N) is 1. The van der Waals surface area contributed by atoms with Crippen molar-refractivity contribution in [2.45, 2.75) is 20.4 Å². The molecular formula is C13H21ClF2N2. The summed E-state index contributed by atoms with van der Waals surface area (Å²) in [7, 11) is 1.92. The highest BCUT2D eigenvalue weighted by atomic mass is 35.5. The van der Waals surface area contributed by atoms with E-state index in [1.807, 2.05) is 11.9 Å². The van der Waals surface area contributed by atoms with Crippen LogP contribution in [0.2, 0.25) is 0 Å². The topological polar surface area (TPSA) is 29.3 Å². The van der Waals surface area contributed by atoms with E-state index in [-0.39, 0.29) is 17.8 Å². The molecule has 5 heteroatoms. The molecule has 2 N–H and O–H groups in total. The fraction of sp³-hybridized carbons (Fsp3) is 0.538. The van der Waals surface area contributed by atoms with E-state index in [1.54, 1.807) is 0 Å². The molecule has 0 saturated heterocycles. The summed E-state index contributed by atoms with van der Waals surface area (Å²) >= 11 is 0. The molecule has 1 rings (SSSR count). The summed E-state index contributed by atoms with van der Waals surface area (Å²) in [5.41, 5.74) is 6.29. The van der Waals surface area contributed by atoms with Crippen molar-refractivity contribution in [3.8, 4) is 0 Å². The maximum Gasteiger partial charge on any atom is 0.126 e. The summed E-state index contributed by atoms with van der Waals surface area (Å²) in [6, 6.07) is 3.59. The van der Waals surface area contributed by atoms with E-state index in [4.69, 9.17) is 5.73 Å². The zero-order valence-corrected chi connectivity index (χ0v) is 11.9. The molecule has 0 saturated carbocycles. The van der Waals surface area contributed by atoms with Crippen LogP contribution in [0.4, 0.5) is 8.78 Å². The van der Waals surface area contributed by atoms with Crippen molar-refractivity contribution in [1.29, 1.82) is 0 Å². The smallest absolute Gasteiger partial charge is 0.126 e. The molecule has 0 unspecified atom stereocenters. The summed E-state index contributed by atoms with van der Waals surface area (Å²) in [5, 5.41) is 0. The van der Waals surface area contributed by atoms with Crippen molar-refractivity contribution in [2.24, 2.45) is 11.1 Å². The highest BCUT2D eigenvalue weighted by Gasteiger charge is 2.18. The van der Waals surface area contributed by atoms with Crippen molar-refractivity contribution in [3.05, 3.63) is 35.4 Å². The quantitative estimate of drug-likeness (QED) is 0.897. The van der Waals surface area contributed by atoms with E-state index >= 15 is 0 Å². The molecule has 0 aliphatic heterocycles. The Morgan fingerprint density at radius 3 is 2.11 bits per heavy atom. The maximum atomic E-state index is 13.0. The monoisotopic (exact) mass is 278 g/mol. The summed E-state index contributed by atoms with van der Waals surface area (Å²) in [6.45, 7) is 6.00. The predicted octanol–water partition coefficient (Wildman–Crippen LogP) is 2.80. The number of benzene rings is 1. The summed E-state index contributed by atoms with van der Waals surface area (Å²) < 4.78 is 26.0. The third-order valence-corrected chi connectivity index (χ3v) is 2.63. The molecule has 1 aromatic rings. The molecule has 0 bridgehead atoms. The molecule has 0 heterocycles. The molecule has 0 fully saturated rings. The predicted molar refractivity (Wildman–Crippen MR) is 72.8 cm³/mol. The van der Waals surface area contributed by atoms with Gasteiger partial charge in [-0.1, -0.05) is 13.8 Å². The van der Waals surface area contributed by atoms with Gasteiger partial charge >= 0.3 is 0 Å². The largest absolute Gasteiger partial charge is 0.330 e. The van der Waals surface area contributed by atoms with E-state index in [0.717, 1.165) is 12.6 Å². The molecule has 1 aromatic carbocycles. The lowest BCUT2D eigenvalue weighted by Gasteiger charge is -2.29. The molecular weight excluding hydrogens is 258 g/mol. The summed E-state index contributed by atoms with van der Waals surface area (Å²) in [5.74, 6) is -1.07. The highest BCUT2D eigenvalue weighted by Crippen LogP contribution is 2.16. The van der Waals surface area contributed by atoms with Crippen molar-refractivity contribution >= 4 is 12.4 Å². The highest BCUT2D eigenvalue weighted by molar-refractivity contribution is 5.85. The normalized spacial score (nSPS) is 11.5. The first-order valence-electron chi connectivity index (χ1n) is 5.66. The Hall–Kier alpha value is -0.710. The Balaban J connectivity index is 0.00000289. The van der Waals surface area contributed by atoms with Crippen LogP contribution in [0.1, 0.15) is 19.4 Å². The molecule has 2 nitrogen and oxygen atoms in total. The first-order valence-corrected chi connectivity index (χ1v) is 5.66. The van der Waals surface area contributed by atoms with Crippen LogP contribution in [-0.2, 0) is 6.54 Å². The van der Waals surface area contributed by atoms with Crippen LogP contribution in [-0.4, -0.2) is 25.0 Å². The van der Waals surface area contributed by atoms with Crippen LogP contribution >= 0.6 is 12.4 Å². The van der Waals surface area contributed by atoms with Crippen LogP contribution in [0.5, 0.6) is 0 Å². The fourth-order valence-electron chi connectivity index (χ4n) is 1.87. The third kappa shape index (κ3) is 5.76. The van der Waals surface area contributed by atoms with Crippen LogP contribution in [0, 0.1) is 17.0 Å². The average Bonchev–Trinajstić information content (AvgIpc) is 2.14. The van der Waals surface area contributed by atoms with E-state index in [2.05, 4.69) is 13.8 Å². The zero-order valence-electron chi connectivity index (χ0n) is 11.0. The second-order valence-corrected chi connectivity index (χ2v) is 5.32. The lowest BCUT2D eigenvalue weighted by Crippen LogP contribution is -2.36. The van der Waals surface area contributed by atoms with Crippen molar-refractivity contribution in [2.75, 3.05) is 20.1 Å². The first-order chi connectivity index (χ1) is 7.82. The second-order valence-electron chi connectivity index (χ2n) is 5.32. The number of rotatable bonds is 5. The van der Waals surface area contributed by atoms with E-state index in [0.29, 0.717) is 18.7 Å². The summed E-state index contributed by atoms with van der Waals surface area (Å²) in [4.78, 5) is 2.01. The van der Waals surface area contributed by atoms with E-state index in [1.165, 1.54) is 12.1 Å². The van der Waals surface area contributed by atoms with Crippen LogP contribution in [0.15, 0.2) is 18.2 Å². The number of nitrogens with two attached hydrogens (primary N) is 1. The van der Waals surface area contributed by atoms with Crippen LogP contribution < -0.4 is 5.73 Å². The lowest BCUT2D eigenvalue weighted by molar-refractivity contribution is 0.209. The maximum absolute atomic E-state index is 13.0. The van der Waals surface area contributed by atoms with Gasteiger partial charge in [0.15, 0.2) is 0 Å². The molecule has 0 atom stereocenters. The van der Waals surface area contributed by atoms with Gasteiger partial charge < -0.3 is 10.6 Å². The molecule has 0 spiro atoms. The van der Waals surface area contributed by atoms with Crippen molar-refractivity contribution in [3.63, 3.8) is 0 Å². The van der Waals surface area contributed by atoms with Gasteiger partial charge in [-0.05, 0) is 36.7 Å². The molecule has 0 radical (unpaired) electrons. The summed E-state index contributed by atoms with van der Waals surface area (Å²) in [6.07, 6.45) is 0. The van der Waals surface area contributed by atoms with Gasteiger partial charge in [-0.2, -0.15) is 0 Å². The molecule has 0 amide bonds. The zero-order chi connectivity index (χ0) is 13.1.